The highest BCUT2D eigenvalue weighted by molar-refractivity contribution is 7.99. The number of amides is 1. The van der Waals surface area contributed by atoms with E-state index in [4.69, 9.17) is 16.2 Å². The van der Waals surface area contributed by atoms with E-state index < -0.39 is 5.91 Å². The van der Waals surface area contributed by atoms with Crippen LogP contribution in [0.2, 0.25) is 0 Å². The summed E-state index contributed by atoms with van der Waals surface area (Å²) in [6.45, 7) is 2.52. The number of hydrogen-bond donors (Lipinski definition) is 2. The topological polar surface area (TPSA) is 90.7 Å². The Labute approximate surface area is 122 Å². The van der Waals surface area contributed by atoms with Gasteiger partial charge in [0.1, 0.15) is 5.75 Å². The maximum Gasteiger partial charge on any atom is 0.276 e. The summed E-state index contributed by atoms with van der Waals surface area (Å²) in [5.74, 6) is 1.15. The minimum atomic E-state index is -0.407. The van der Waals surface area contributed by atoms with Crippen molar-refractivity contribution < 1.29 is 9.53 Å². The lowest BCUT2D eigenvalue weighted by molar-refractivity contribution is -0.114. The molecule has 0 spiro atoms. The van der Waals surface area contributed by atoms with Crippen LogP contribution in [0, 0.1) is 0 Å². The molecule has 5 nitrogen and oxygen atoms in total. The third kappa shape index (κ3) is 3.33. The maximum absolute atomic E-state index is 11.9. The van der Waals surface area contributed by atoms with Gasteiger partial charge in [-0.3, -0.25) is 4.79 Å². The van der Waals surface area contributed by atoms with Gasteiger partial charge in [0, 0.05) is 22.5 Å². The second kappa shape index (κ2) is 6.47. The van der Waals surface area contributed by atoms with Gasteiger partial charge in [-0.15, -0.1) is 11.8 Å². The number of nitrogens with zero attached hydrogens (tertiary/aromatic N) is 1. The molecule has 0 aromatic heterocycles. The number of carbonyl (C=O) groups excluding carboxylic acids is 1. The molecule has 0 saturated heterocycles. The molecule has 0 unspecified atom stereocenters. The Bertz CT molecular complexity index is 578. The first-order valence-electron chi connectivity index (χ1n) is 6.35. The standard InChI is InChI=1S/C14H17N3O2S/c1-2-20-11-5-3-4-9-8-10(6-7-19-12(9)11)13(18)17-14(15)16/h3-5,8H,2,6-7H2,1H3,(H4,15,16,17,18). The monoisotopic (exact) mass is 291 g/mol. The maximum atomic E-state index is 11.9. The molecule has 0 atom stereocenters. The number of ether oxygens (including phenoxy) is 1. The Morgan fingerprint density at radius 1 is 1.45 bits per heavy atom. The van der Waals surface area contributed by atoms with Crippen molar-refractivity contribution in [3.8, 4) is 5.75 Å². The van der Waals surface area contributed by atoms with Crippen molar-refractivity contribution in [3.05, 3.63) is 29.3 Å². The summed E-state index contributed by atoms with van der Waals surface area (Å²) in [5.41, 5.74) is 11.9. The number of para-hydroxylation sites is 1. The summed E-state index contributed by atoms with van der Waals surface area (Å²) in [4.78, 5) is 16.6. The number of thioether (sulfide) groups is 1. The number of aliphatic imine (C=N–C) groups is 1. The molecule has 0 fully saturated rings. The van der Waals surface area contributed by atoms with Crippen LogP contribution in [0.3, 0.4) is 0 Å². The Morgan fingerprint density at radius 2 is 2.25 bits per heavy atom. The third-order valence-corrected chi connectivity index (χ3v) is 3.68. The number of fused-ring (bicyclic) bond motifs is 1. The van der Waals surface area contributed by atoms with E-state index in [1.807, 2.05) is 18.2 Å². The van der Waals surface area contributed by atoms with E-state index in [1.54, 1.807) is 17.8 Å². The second-order valence-corrected chi connectivity index (χ2v) is 5.52. The molecule has 4 N–H and O–H groups in total. The molecule has 1 aliphatic rings. The molecular weight excluding hydrogens is 274 g/mol. The van der Waals surface area contributed by atoms with Crippen molar-refractivity contribution in [2.24, 2.45) is 16.5 Å². The number of rotatable bonds is 3. The molecular formula is C14H17N3O2S. The van der Waals surface area contributed by atoms with Gasteiger partial charge >= 0.3 is 0 Å². The lowest BCUT2D eigenvalue weighted by Crippen LogP contribution is -2.24. The molecule has 1 heterocycles. The first kappa shape index (κ1) is 14.5. The highest BCUT2D eigenvalue weighted by Crippen LogP contribution is 2.35. The average Bonchev–Trinajstić information content (AvgIpc) is 2.61. The molecule has 1 aliphatic heterocycles. The highest BCUT2D eigenvalue weighted by Gasteiger charge is 2.17. The van der Waals surface area contributed by atoms with E-state index in [0.29, 0.717) is 18.6 Å². The van der Waals surface area contributed by atoms with Gasteiger partial charge in [0.2, 0.25) is 0 Å². The number of guanidine groups is 1. The first-order chi connectivity index (χ1) is 9.61. The van der Waals surface area contributed by atoms with Crippen LogP contribution < -0.4 is 16.2 Å². The van der Waals surface area contributed by atoms with Crippen molar-refractivity contribution in [2.45, 2.75) is 18.2 Å². The van der Waals surface area contributed by atoms with Gasteiger partial charge in [-0.25, -0.2) is 0 Å². The minimum Gasteiger partial charge on any atom is -0.491 e. The molecule has 0 aliphatic carbocycles. The minimum absolute atomic E-state index is 0.225. The summed E-state index contributed by atoms with van der Waals surface area (Å²) >= 11 is 1.71. The zero-order valence-electron chi connectivity index (χ0n) is 11.3. The van der Waals surface area contributed by atoms with Crippen molar-refractivity contribution in [1.29, 1.82) is 0 Å². The molecule has 1 amide bonds. The summed E-state index contributed by atoms with van der Waals surface area (Å²) < 4.78 is 5.78. The average molecular weight is 291 g/mol. The van der Waals surface area contributed by atoms with Gasteiger partial charge in [0.25, 0.3) is 5.91 Å². The third-order valence-electron chi connectivity index (χ3n) is 2.76. The fourth-order valence-corrected chi connectivity index (χ4v) is 2.74. The number of hydrogen-bond acceptors (Lipinski definition) is 3. The molecule has 0 bridgehead atoms. The summed E-state index contributed by atoms with van der Waals surface area (Å²) in [6.07, 6.45) is 2.29. The van der Waals surface area contributed by atoms with Gasteiger partial charge in [0.05, 0.1) is 6.61 Å². The zero-order valence-corrected chi connectivity index (χ0v) is 12.1. The molecule has 6 heteroatoms. The van der Waals surface area contributed by atoms with Crippen molar-refractivity contribution in [3.63, 3.8) is 0 Å². The molecule has 20 heavy (non-hydrogen) atoms. The van der Waals surface area contributed by atoms with E-state index in [9.17, 15) is 4.79 Å². The summed E-state index contributed by atoms with van der Waals surface area (Å²) in [7, 11) is 0. The SMILES string of the molecule is CCSc1cccc2c1OCCC(C(=O)N=C(N)N)=C2. The fraction of sp³-hybridized carbons (Fsp3) is 0.286. The van der Waals surface area contributed by atoms with Gasteiger partial charge in [-0.2, -0.15) is 4.99 Å². The van der Waals surface area contributed by atoms with Crippen molar-refractivity contribution in [2.75, 3.05) is 12.4 Å². The van der Waals surface area contributed by atoms with Crippen molar-refractivity contribution >= 4 is 29.7 Å². The van der Waals surface area contributed by atoms with Crippen LogP contribution >= 0.6 is 11.8 Å². The van der Waals surface area contributed by atoms with Gasteiger partial charge < -0.3 is 16.2 Å². The lowest BCUT2D eigenvalue weighted by Gasteiger charge is -2.10. The van der Waals surface area contributed by atoms with Gasteiger partial charge in [-0.05, 0) is 17.9 Å². The van der Waals surface area contributed by atoms with Crippen LogP contribution in [0.15, 0.2) is 33.7 Å². The van der Waals surface area contributed by atoms with Crippen LogP contribution in [-0.4, -0.2) is 24.2 Å². The van der Waals surface area contributed by atoms with Crippen LogP contribution in [0.5, 0.6) is 5.75 Å². The fourth-order valence-electron chi connectivity index (χ4n) is 1.95. The predicted molar refractivity (Wildman–Crippen MR) is 81.7 cm³/mol. The highest BCUT2D eigenvalue weighted by atomic mass is 32.2. The van der Waals surface area contributed by atoms with E-state index >= 15 is 0 Å². The van der Waals surface area contributed by atoms with Crippen LogP contribution in [0.1, 0.15) is 18.9 Å². The normalized spacial score (nSPS) is 13.6. The summed E-state index contributed by atoms with van der Waals surface area (Å²) in [6, 6.07) is 5.89. The van der Waals surface area contributed by atoms with Gasteiger partial charge in [0.15, 0.2) is 5.96 Å². The van der Waals surface area contributed by atoms with Crippen LogP contribution in [-0.2, 0) is 4.79 Å². The Balaban J connectivity index is 2.38. The molecule has 0 saturated carbocycles. The number of benzene rings is 1. The summed E-state index contributed by atoms with van der Waals surface area (Å²) in [5, 5.41) is 0. The Morgan fingerprint density at radius 3 is 2.95 bits per heavy atom. The molecule has 2 rings (SSSR count). The van der Waals surface area contributed by atoms with E-state index in [-0.39, 0.29) is 5.96 Å². The molecule has 1 aromatic rings. The second-order valence-electron chi connectivity index (χ2n) is 4.22. The lowest BCUT2D eigenvalue weighted by atomic mass is 10.1. The van der Waals surface area contributed by atoms with Gasteiger partial charge in [-0.1, -0.05) is 19.1 Å². The van der Waals surface area contributed by atoms with Crippen molar-refractivity contribution in [1.82, 2.24) is 0 Å². The molecule has 1 aromatic carbocycles. The predicted octanol–water partition coefficient (Wildman–Crippen LogP) is 1.76. The Hall–Kier alpha value is -1.95. The van der Waals surface area contributed by atoms with Crippen LogP contribution in [0.4, 0.5) is 0 Å². The molecule has 0 radical (unpaired) electrons. The smallest absolute Gasteiger partial charge is 0.276 e. The quantitative estimate of drug-likeness (QED) is 0.503. The Kier molecular flexibility index (Phi) is 4.68. The molecule has 106 valence electrons. The largest absolute Gasteiger partial charge is 0.491 e. The number of carbonyl (C=O) groups is 1. The van der Waals surface area contributed by atoms with Crippen LogP contribution in [0.25, 0.3) is 6.08 Å². The van der Waals surface area contributed by atoms with E-state index in [1.165, 1.54) is 0 Å². The van der Waals surface area contributed by atoms with E-state index in [2.05, 4.69) is 11.9 Å². The number of nitrogens with two attached hydrogens (primary N) is 2. The zero-order chi connectivity index (χ0) is 14.5. The first-order valence-corrected chi connectivity index (χ1v) is 7.33. The van der Waals surface area contributed by atoms with E-state index in [0.717, 1.165) is 22.0 Å².